The van der Waals surface area contributed by atoms with Gasteiger partial charge in [0.15, 0.2) is 0 Å². The van der Waals surface area contributed by atoms with Crippen LogP contribution in [-0.4, -0.2) is 22.3 Å². The molecule has 0 aliphatic rings. The molecule has 2 aromatic rings. The maximum atomic E-state index is 12.9. The molecular weight excluding hydrogens is 289 g/mol. The fraction of sp³-hybridized carbons (Fsp3) is 0.375. The third-order valence-corrected chi connectivity index (χ3v) is 4.06. The van der Waals surface area contributed by atoms with Gasteiger partial charge in [0.25, 0.3) is 0 Å². The smallest absolute Gasteiger partial charge is 0.134 e. The highest BCUT2D eigenvalue weighted by Gasteiger charge is 2.07. The first-order valence-electron chi connectivity index (χ1n) is 6.92. The fourth-order valence-electron chi connectivity index (χ4n) is 1.96. The van der Waals surface area contributed by atoms with Crippen LogP contribution in [0, 0.1) is 5.82 Å². The Bertz CT molecular complexity index is 595. The van der Waals surface area contributed by atoms with Gasteiger partial charge in [-0.15, -0.1) is 0 Å². The molecule has 2 atom stereocenters. The first-order chi connectivity index (χ1) is 10.0. The highest BCUT2D eigenvalue weighted by molar-refractivity contribution is 7.84. The van der Waals surface area contributed by atoms with Gasteiger partial charge < -0.3 is 9.73 Å². The number of hydrogen-bond donors (Lipinski definition) is 1. The lowest BCUT2D eigenvalue weighted by Crippen LogP contribution is -2.26. The van der Waals surface area contributed by atoms with E-state index in [4.69, 9.17) is 4.42 Å². The Hall–Kier alpha value is -1.46. The molecule has 0 radical (unpaired) electrons. The number of furan rings is 1. The second-order valence-electron chi connectivity index (χ2n) is 5.12. The average Bonchev–Trinajstić information content (AvgIpc) is 2.92. The number of nitrogens with one attached hydrogen (secondary N) is 1. The van der Waals surface area contributed by atoms with E-state index in [0.29, 0.717) is 12.3 Å². The summed E-state index contributed by atoms with van der Waals surface area (Å²) in [5, 5.41) is 3.34. The van der Waals surface area contributed by atoms with Crippen LogP contribution in [0.1, 0.15) is 19.1 Å². The van der Waals surface area contributed by atoms with Gasteiger partial charge in [-0.3, -0.25) is 4.21 Å². The van der Waals surface area contributed by atoms with Crippen LogP contribution in [0.25, 0.3) is 11.3 Å². The third-order valence-electron chi connectivity index (χ3n) is 3.25. The normalized spacial score (nSPS) is 14.0. The highest BCUT2D eigenvalue weighted by atomic mass is 32.2. The Balaban J connectivity index is 1.88. The lowest BCUT2D eigenvalue weighted by atomic mass is 10.2. The summed E-state index contributed by atoms with van der Waals surface area (Å²) in [4.78, 5) is 0. The molecule has 0 bridgehead atoms. The van der Waals surface area contributed by atoms with Crippen LogP contribution in [0.3, 0.4) is 0 Å². The average molecular weight is 309 g/mol. The Labute approximate surface area is 127 Å². The predicted molar refractivity (Wildman–Crippen MR) is 84.0 cm³/mol. The van der Waals surface area contributed by atoms with Gasteiger partial charge in [-0.05, 0) is 49.7 Å². The van der Waals surface area contributed by atoms with Gasteiger partial charge in [-0.25, -0.2) is 4.39 Å². The van der Waals surface area contributed by atoms with Gasteiger partial charge in [-0.1, -0.05) is 0 Å². The van der Waals surface area contributed by atoms with Gasteiger partial charge >= 0.3 is 0 Å². The summed E-state index contributed by atoms with van der Waals surface area (Å²) in [5.74, 6) is 2.01. The summed E-state index contributed by atoms with van der Waals surface area (Å²) in [5.41, 5.74) is 0.858. The Morgan fingerprint density at radius 3 is 2.62 bits per heavy atom. The summed E-state index contributed by atoms with van der Waals surface area (Å²) < 4.78 is 29.7. The van der Waals surface area contributed by atoms with E-state index < -0.39 is 10.8 Å². The molecule has 0 amide bonds. The summed E-state index contributed by atoms with van der Waals surface area (Å²) in [6.45, 7) is 2.69. The fourth-order valence-corrected chi connectivity index (χ4v) is 2.65. The summed E-state index contributed by atoms with van der Waals surface area (Å²) >= 11 is 0. The SMILES string of the molecule is CC(CCS(C)=O)NCc1ccc(-c2ccc(F)cc2)o1. The van der Waals surface area contributed by atoms with Crippen molar-refractivity contribution >= 4 is 10.8 Å². The topological polar surface area (TPSA) is 42.2 Å². The lowest BCUT2D eigenvalue weighted by molar-refractivity contribution is 0.457. The number of rotatable bonds is 7. The van der Waals surface area contributed by atoms with Crippen molar-refractivity contribution in [3.05, 3.63) is 48.0 Å². The summed E-state index contributed by atoms with van der Waals surface area (Å²) in [7, 11) is -0.751. The number of halogens is 1. The van der Waals surface area contributed by atoms with Crippen molar-refractivity contribution in [3.8, 4) is 11.3 Å². The molecule has 0 aliphatic carbocycles. The van der Waals surface area contributed by atoms with Crippen LogP contribution >= 0.6 is 0 Å². The van der Waals surface area contributed by atoms with Crippen molar-refractivity contribution in [1.82, 2.24) is 5.32 Å². The van der Waals surface area contributed by atoms with E-state index >= 15 is 0 Å². The highest BCUT2D eigenvalue weighted by Crippen LogP contribution is 2.22. The van der Waals surface area contributed by atoms with Crippen LogP contribution in [0.5, 0.6) is 0 Å². The summed E-state index contributed by atoms with van der Waals surface area (Å²) in [6.07, 6.45) is 2.59. The zero-order valence-electron chi connectivity index (χ0n) is 12.3. The number of hydrogen-bond acceptors (Lipinski definition) is 3. The van der Waals surface area contributed by atoms with Crippen molar-refractivity contribution < 1.29 is 13.0 Å². The lowest BCUT2D eigenvalue weighted by Gasteiger charge is -2.11. The molecule has 21 heavy (non-hydrogen) atoms. The van der Waals surface area contributed by atoms with Crippen molar-refractivity contribution in [2.45, 2.75) is 25.9 Å². The molecule has 2 unspecified atom stereocenters. The van der Waals surface area contributed by atoms with Crippen LogP contribution < -0.4 is 5.32 Å². The van der Waals surface area contributed by atoms with E-state index in [2.05, 4.69) is 12.2 Å². The molecule has 0 saturated heterocycles. The second-order valence-corrected chi connectivity index (χ2v) is 6.68. The van der Waals surface area contributed by atoms with Gasteiger partial charge in [0, 0.05) is 34.4 Å². The standard InChI is InChI=1S/C16H20FNO2S/c1-12(9-10-21(2)19)18-11-15-7-8-16(20-15)13-3-5-14(17)6-4-13/h3-8,12,18H,9-11H2,1-2H3. The van der Waals surface area contributed by atoms with Gasteiger partial charge in [0.2, 0.25) is 0 Å². The molecule has 1 N–H and O–H groups in total. The first-order valence-corrected chi connectivity index (χ1v) is 8.65. The Kier molecular flexibility index (Phi) is 5.70. The minimum absolute atomic E-state index is 0.255. The van der Waals surface area contributed by atoms with Crippen LogP contribution in [-0.2, 0) is 17.3 Å². The van der Waals surface area contributed by atoms with E-state index in [-0.39, 0.29) is 11.9 Å². The molecule has 1 heterocycles. The van der Waals surface area contributed by atoms with Crippen molar-refractivity contribution in [2.75, 3.05) is 12.0 Å². The third kappa shape index (κ3) is 5.10. The van der Waals surface area contributed by atoms with Crippen molar-refractivity contribution in [3.63, 3.8) is 0 Å². The summed E-state index contributed by atoms with van der Waals surface area (Å²) in [6, 6.07) is 10.3. The van der Waals surface area contributed by atoms with Gasteiger partial charge in [-0.2, -0.15) is 0 Å². The molecule has 1 aromatic carbocycles. The molecule has 3 nitrogen and oxygen atoms in total. The molecule has 114 valence electrons. The van der Waals surface area contributed by atoms with E-state index in [1.165, 1.54) is 12.1 Å². The first kappa shape index (κ1) is 15.9. The Morgan fingerprint density at radius 2 is 1.95 bits per heavy atom. The molecule has 2 rings (SSSR count). The quantitative estimate of drug-likeness (QED) is 0.853. The minimum Gasteiger partial charge on any atom is -0.460 e. The van der Waals surface area contributed by atoms with E-state index in [0.717, 1.165) is 23.5 Å². The van der Waals surface area contributed by atoms with Gasteiger partial charge in [0.05, 0.1) is 6.54 Å². The zero-order chi connectivity index (χ0) is 15.2. The molecule has 0 saturated carbocycles. The largest absolute Gasteiger partial charge is 0.460 e. The molecule has 1 aromatic heterocycles. The minimum atomic E-state index is -0.751. The second kappa shape index (κ2) is 7.52. The van der Waals surface area contributed by atoms with Crippen LogP contribution in [0.15, 0.2) is 40.8 Å². The van der Waals surface area contributed by atoms with Crippen molar-refractivity contribution in [1.29, 1.82) is 0 Å². The monoisotopic (exact) mass is 309 g/mol. The maximum absolute atomic E-state index is 12.9. The molecule has 0 spiro atoms. The maximum Gasteiger partial charge on any atom is 0.134 e. The zero-order valence-corrected chi connectivity index (χ0v) is 13.1. The van der Waals surface area contributed by atoms with Gasteiger partial charge in [0.1, 0.15) is 17.3 Å². The number of benzene rings is 1. The van der Waals surface area contributed by atoms with Crippen molar-refractivity contribution in [2.24, 2.45) is 0 Å². The predicted octanol–water partition coefficient (Wildman–Crippen LogP) is 3.33. The molecule has 0 fully saturated rings. The van der Waals surface area contributed by atoms with E-state index in [1.54, 1.807) is 18.4 Å². The Morgan fingerprint density at radius 1 is 1.24 bits per heavy atom. The van der Waals surface area contributed by atoms with E-state index in [1.807, 2.05) is 12.1 Å². The van der Waals surface area contributed by atoms with Crippen LogP contribution in [0.2, 0.25) is 0 Å². The molecule has 0 aliphatic heterocycles. The molecule has 5 heteroatoms. The molecular formula is C16H20FNO2S. The van der Waals surface area contributed by atoms with Crippen LogP contribution in [0.4, 0.5) is 4.39 Å². The van der Waals surface area contributed by atoms with E-state index in [9.17, 15) is 8.60 Å².